The highest BCUT2D eigenvalue weighted by atomic mass is 16.2. The van der Waals surface area contributed by atoms with Gasteiger partial charge in [0.1, 0.15) is 0 Å². The molecule has 4 heteroatoms. The molecule has 0 saturated carbocycles. The van der Waals surface area contributed by atoms with E-state index in [2.05, 4.69) is 4.98 Å². The van der Waals surface area contributed by atoms with Crippen molar-refractivity contribution in [3.8, 4) is 0 Å². The maximum absolute atomic E-state index is 11.5. The Balaban J connectivity index is 2.26. The van der Waals surface area contributed by atoms with Crippen LogP contribution in [0.15, 0.2) is 23.1 Å². The number of likely N-dealkylation sites (tertiary alicyclic amines) is 1. The lowest BCUT2D eigenvalue weighted by Gasteiger charge is -2.35. The third-order valence-electron chi connectivity index (χ3n) is 3.10. The van der Waals surface area contributed by atoms with Gasteiger partial charge in [-0.2, -0.15) is 0 Å². The van der Waals surface area contributed by atoms with Gasteiger partial charge in [0.2, 0.25) is 11.5 Å². The minimum Gasteiger partial charge on any atom is -0.336 e. The summed E-state index contributed by atoms with van der Waals surface area (Å²) in [5.74, 6) is 0.107. The summed E-state index contributed by atoms with van der Waals surface area (Å²) >= 11 is 0. The lowest BCUT2D eigenvalue weighted by atomic mass is 9.96. The molecule has 1 unspecified atom stereocenters. The zero-order valence-corrected chi connectivity index (χ0v) is 9.40. The monoisotopic (exact) mass is 220 g/mol. The summed E-state index contributed by atoms with van der Waals surface area (Å²) in [5, 5.41) is 0. The normalized spacial score (nSPS) is 20.8. The van der Waals surface area contributed by atoms with Crippen molar-refractivity contribution < 1.29 is 4.79 Å². The van der Waals surface area contributed by atoms with Gasteiger partial charge in [-0.25, -0.2) is 0 Å². The van der Waals surface area contributed by atoms with Gasteiger partial charge in [0, 0.05) is 25.7 Å². The molecule has 16 heavy (non-hydrogen) atoms. The smallest absolute Gasteiger partial charge is 0.247 e. The van der Waals surface area contributed by atoms with E-state index in [4.69, 9.17) is 0 Å². The summed E-state index contributed by atoms with van der Waals surface area (Å²) < 4.78 is 0. The van der Waals surface area contributed by atoms with E-state index in [1.54, 1.807) is 13.1 Å². The number of H-pyrrole nitrogens is 1. The molecule has 1 aliphatic heterocycles. The summed E-state index contributed by atoms with van der Waals surface area (Å²) in [6, 6.07) is 3.45. The molecule has 1 aromatic heterocycles. The molecule has 0 aromatic carbocycles. The molecule has 1 N–H and O–H groups in total. The van der Waals surface area contributed by atoms with Crippen LogP contribution in [0.3, 0.4) is 0 Å². The van der Waals surface area contributed by atoms with Gasteiger partial charge in [-0.3, -0.25) is 9.59 Å². The number of rotatable bonds is 1. The molecule has 1 aromatic rings. The van der Waals surface area contributed by atoms with Crippen LogP contribution in [0.2, 0.25) is 0 Å². The van der Waals surface area contributed by atoms with Gasteiger partial charge in [0.25, 0.3) is 0 Å². The van der Waals surface area contributed by atoms with Crippen LogP contribution in [0.1, 0.15) is 37.8 Å². The Labute approximate surface area is 94.3 Å². The number of nitrogens with one attached hydrogen (secondary N) is 1. The van der Waals surface area contributed by atoms with Crippen molar-refractivity contribution >= 4 is 5.91 Å². The van der Waals surface area contributed by atoms with E-state index in [-0.39, 0.29) is 17.5 Å². The highest BCUT2D eigenvalue weighted by Crippen LogP contribution is 2.29. The second-order valence-corrected chi connectivity index (χ2v) is 4.21. The minimum absolute atomic E-state index is 0.103. The first-order valence-electron chi connectivity index (χ1n) is 5.64. The molecule has 1 atom stereocenters. The second kappa shape index (κ2) is 4.51. The Kier molecular flexibility index (Phi) is 3.08. The first-order valence-corrected chi connectivity index (χ1v) is 5.64. The van der Waals surface area contributed by atoms with Crippen LogP contribution in [0.4, 0.5) is 0 Å². The van der Waals surface area contributed by atoms with Crippen LogP contribution in [0, 0.1) is 0 Å². The third-order valence-corrected chi connectivity index (χ3v) is 3.10. The maximum atomic E-state index is 11.5. The van der Waals surface area contributed by atoms with Crippen LogP contribution >= 0.6 is 0 Å². The largest absolute Gasteiger partial charge is 0.336 e. The van der Waals surface area contributed by atoms with Crippen molar-refractivity contribution in [2.24, 2.45) is 0 Å². The molecule has 86 valence electrons. The first kappa shape index (κ1) is 10.9. The zero-order valence-electron chi connectivity index (χ0n) is 9.40. The van der Waals surface area contributed by atoms with E-state index in [0.29, 0.717) is 0 Å². The van der Waals surface area contributed by atoms with Crippen LogP contribution < -0.4 is 5.56 Å². The Morgan fingerprint density at radius 2 is 2.25 bits per heavy atom. The van der Waals surface area contributed by atoms with Gasteiger partial charge in [-0.05, 0) is 24.8 Å². The van der Waals surface area contributed by atoms with E-state index in [0.717, 1.165) is 31.4 Å². The number of aromatic nitrogens is 1. The van der Waals surface area contributed by atoms with E-state index < -0.39 is 0 Å². The lowest BCUT2D eigenvalue weighted by molar-refractivity contribution is -0.132. The summed E-state index contributed by atoms with van der Waals surface area (Å²) in [6.07, 6.45) is 4.90. The van der Waals surface area contributed by atoms with Gasteiger partial charge in [0.05, 0.1) is 6.04 Å². The Hall–Kier alpha value is -1.58. The molecule has 0 bridgehead atoms. The third kappa shape index (κ3) is 2.15. The molecule has 1 fully saturated rings. The number of amides is 1. The molecular weight excluding hydrogens is 204 g/mol. The number of carbonyl (C=O) groups excluding carboxylic acids is 1. The van der Waals surface area contributed by atoms with Crippen molar-refractivity contribution in [2.75, 3.05) is 6.54 Å². The Morgan fingerprint density at radius 3 is 2.88 bits per heavy atom. The summed E-state index contributed by atoms with van der Waals surface area (Å²) in [5.41, 5.74) is 0.920. The molecule has 2 heterocycles. The van der Waals surface area contributed by atoms with Crippen molar-refractivity contribution in [3.63, 3.8) is 0 Å². The number of piperidine rings is 1. The van der Waals surface area contributed by atoms with E-state index in [1.165, 1.54) is 6.07 Å². The first-order chi connectivity index (χ1) is 7.68. The zero-order chi connectivity index (χ0) is 11.5. The van der Waals surface area contributed by atoms with Gasteiger partial charge < -0.3 is 9.88 Å². The lowest BCUT2D eigenvalue weighted by Crippen LogP contribution is -2.37. The Bertz CT molecular complexity index is 418. The molecular formula is C12H16N2O2. The predicted octanol–water partition coefficient (Wildman–Crippen LogP) is 1.45. The van der Waals surface area contributed by atoms with Gasteiger partial charge in [-0.15, -0.1) is 0 Å². The molecule has 0 aliphatic carbocycles. The van der Waals surface area contributed by atoms with E-state index >= 15 is 0 Å². The number of carbonyl (C=O) groups is 1. The van der Waals surface area contributed by atoms with Crippen LogP contribution in [0.25, 0.3) is 0 Å². The number of hydrogen-bond donors (Lipinski definition) is 1. The van der Waals surface area contributed by atoms with Gasteiger partial charge in [0.15, 0.2) is 0 Å². The molecule has 0 spiro atoms. The number of hydrogen-bond acceptors (Lipinski definition) is 2. The molecule has 1 aliphatic rings. The summed E-state index contributed by atoms with van der Waals surface area (Å²) in [4.78, 5) is 27.0. The van der Waals surface area contributed by atoms with E-state index in [9.17, 15) is 9.59 Å². The number of aromatic amines is 1. The number of pyridine rings is 1. The average molecular weight is 220 g/mol. The predicted molar refractivity (Wildman–Crippen MR) is 61.0 cm³/mol. The van der Waals surface area contributed by atoms with Crippen LogP contribution in [-0.2, 0) is 4.79 Å². The minimum atomic E-state index is -0.103. The van der Waals surface area contributed by atoms with Gasteiger partial charge in [-0.1, -0.05) is 6.07 Å². The Morgan fingerprint density at radius 1 is 1.44 bits per heavy atom. The van der Waals surface area contributed by atoms with Crippen molar-refractivity contribution in [2.45, 2.75) is 32.2 Å². The highest BCUT2D eigenvalue weighted by Gasteiger charge is 2.25. The molecule has 1 saturated heterocycles. The van der Waals surface area contributed by atoms with Crippen LogP contribution in [-0.4, -0.2) is 22.3 Å². The van der Waals surface area contributed by atoms with Crippen molar-refractivity contribution in [3.05, 3.63) is 34.2 Å². The molecule has 4 nitrogen and oxygen atoms in total. The van der Waals surface area contributed by atoms with Crippen LogP contribution in [0.5, 0.6) is 0 Å². The molecule has 1 amide bonds. The maximum Gasteiger partial charge on any atom is 0.247 e. The van der Waals surface area contributed by atoms with Crippen molar-refractivity contribution in [1.29, 1.82) is 0 Å². The fourth-order valence-corrected chi connectivity index (χ4v) is 2.28. The second-order valence-electron chi connectivity index (χ2n) is 4.21. The summed E-state index contributed by atoms with van der Waals surface area (Å²) in [6.45, 7) is 2.42. The van der Waals surface area contributed by atoms with Gasteiger partial charge >= 0.3 is 0 Å². The standard InChI is InChI=1S/C12H16N2O2/c1-9(15)14-7-3-2-4-11(14)10-5-6-12(16)13-8-10/h5-6,8,11H,2-4,7H2,1H3,(H,13,16). The highest BCUT2D eigenvalue weighted by molar-refractivity contribution is 5.73. The quantitative estimate of drug-likeness (QED) is 0.778. The summed E-state index contributed by atoms with van der Waals surface area (Å²) in [7, 11) is 0. The average Bonchev–Trinajstić information content (AvgIpc) is 2.30. The molecule has 0 radical (unpaired) electrons. The SMILES string of the molecule is CC(=O)N1CCCCC1c1ccc(=O)[nH]c1. The molecule has 2 rings (SSSR count). The topological polar surface area (TPSA) is 53.2 Å². The fourth-order valence-electron chi connectivity index (χ4n) is 2.28. The van der Waals surface area contributed by atoms with Crippen molar-refractivity contribution in [1.82, 2.24) is 9.88 Å². The van der Waals surface area contributed by atoms with E-state index in [1.807, 2.05) is 11.0 Å². The number of nitrogens with zero attached hydrogens (tertiary/aromatic N) is 1. The fraction of sp³-hybridized carbons (Fsp3) is 0.500.